The number of carbonyl (C=O) groups excluding carboxylic acids is 1. The first-order chi connectivity index (χ1) is 15.0. The maximum Gasteiger partial charge on any atom is 0.270 e. The molecule has 0 radical (unpaired) electrons. The number of hydrogen-bond acceptors (Lipinski definition) is 5. The molecular weight excluding hydrogens is 409 g/mol. The number of fused-ring (bicyclic) bond motifs is 1. The van der Waals surface area contributed by atoms with Gasteiger partial charge in [0, 0.05) is 44.2 Å². The largest absolute Gasteiger partial charge is 0.366 e. The van der Waals surface area contributed by atoms with Gasteiger partial charge in [-0.15, -0.1) is 0 Å². The van der Waals surface area contributed by atoms with E-state index in [-0.39, 0.29) is 29.0 Å². The molecule has 1 amide bonds. The van der Waals surface area contributed by atoms with Gasteiger partial charge < -0.3 is 20.5 Å². The van der Waals surface area contributed by atoms with Gasteiger partial charge in [0.2, 0.25) is 0 Å². The Balaban J connectivity index is 0.00000118. The van der Waals surface area contributed by atoms with Crippen molar-refractivity contribution in [2.45, 2.75) is 13.8 Å². The van der Waals surface area contributed by atoms with Gasteiger partial charge >= 0.3 is 0 Å². The van der Waals surface area contributed by atoms with Crippen molar-refractivity contribution in [2.75, 3.05) is 31.1 Å². The third-order valence-electron chi connectivity index (χ3n) is 5.36. The summed E-state index contributed by atoms with van der Waals surface area (Å²) in [7, 11) is 1.66. The third kappa shape index (κ3) is 4.48. The van der Waals surface area contributed by atoms with Gasteiger partial charge in [0.25, 0.3) is 11.5 Å². The Bertz CT molecular complexity index is 1190. The van der Waals surface area contributed by atoms with Gasteiger partial charge in [-0.2, -0.15) is 5.26 Å². The van der Waals surface area contributed by atoms with Gasteiger partial charge in [-0.25, -0.2) is 4.39 Å². The van der Waals surface area contributed by atoms with Gasteiger partial charge in [-0.1, -0.05) is 32.0 Å². The molecule has 32 heavy (non-hydrogen) atoms. The molecule has 168 valence electrons. The minimum absolute atomic E-state index is 0. The van der Waals surface area contributed by atoms with Crippen molar-refractivity contribution < 1.29 is 9.18 Å². The van der Waals surface area contributed by atoms with Crippen LogP contribution in [0.5, 0.6) is 0 Å². The normalized spacial score (nSPS) is 13.0. The van der Waals surface area contributed by atoms with Crippen LogP contribution < -0.4 is 16.6 Å². The number of para-hydroxylation sites is 1. The van der Waals surface area contributed by atoms with Gasteiger partial charge in [-0.05, 0) is 30.3 Å². The van der Waals surface area contributed by atoms with Crippen molar-refractivity contribution in [3.63, 3.8) is 0 Å². The maximum atomic E-state index is 13.1. The fourth-order valence-electron chi connectivity index (χ4n) is 3.82. The second-order valence-corrected chi connectivity index (χ2v) is 7.00. The van der Waals surface area contributed by atoms with Crippen molar-refractivity contribution in [3.05, 3.63) is 75.8 Å². The van der Waals surface area contributed by atoms with E-state index in [1.807, 2.05) is 43.0 Å². The average Bonchev–Trinajstić information content (AvgIpc) is 2.82. The van der Waals surface area contributed by atoms with Crippen molar-refractivity contribution >= 4 is 22.5 Å². The van der Waals surface area contributed by atoms with E-state index < -0.39 is 0 Å². The van der Waals surface area contributed by atoms with E-state index in [2.05, 4.69) is 6.07 Å². The first kappa shape index (κ1) is 24.6. The smallest absolute Gasteiger partial charge is 0.270 e. The van der Waals surface area contributed by atoms with Crippen LogP contribution in [0.1, 0.15) is 29.8 Å². The fraction of sp³-hybridized carbons (Fsp3) is 0.292. The van der Waals surface area contributed by atoms with Crippen molar-refractivity contribution in [1.29, 1.82) is 5.26 Å². The number of rotatable bonds is 2. The molecule has 0 aliphatic carbocycles. The predicted octanol–water partition coefficient (Wildman–Crippen LogP) is 3.70. The summed E-state index contributed by atoms with van der Waals surface area (Å²) in [4.78, 5) is 29.1. The molecule has 3 N–H and O–H groups in total. The summed E-state index contributed by atoms with van der Waals surface area (Å²) >= 11 is 0. The van der Waals surface area contributed by atoms with Crippen LogP contribution in [0, 0.1) is 17.1 Å². The number of aryl methyl sites for hydroxylation is 1. The van der Waals surface area contributed by atoms with Crippen LogP contribution >= 0.6 is 0 Å². The van der Waals surface area contributed by atoms with E-state index in [9.17, 15) is 19.2 Å². The second-order valence-electron chi connectivity index (χ2n) is 7.00. The SMILES string of the molecule is CC.Cn1c(=O)c(C#N)c(N2CCN(C(=O)c3ccc(F)cc3)CC2)c2ccccc21.N. The number of piperazine rings is 1. The first-order valence-corrected chi connectivity index (χ1v) is 10.3. The van der Waals surface area contributed by atoms with Crippen LogP contribution in [0.2, 0.25) is 0 Å². The summed E-state index contributed by atoms with van der Waals surface area (Å²) < 4.78 is 14.6. The Morgan fingerprint density at radius 1 is 1.00 bits per heavy atom. The Kier molecular flexibility index (Phi) is 8.10. The number of carbonyl (C=O) groups is 1. The highest BCUT2D eigenvalue weighted by atomic mass is 19.1. The Morgan fingerprint density at radius 3 is 2.19 bits per heavy atom. The van der Waals surface area contributed by atoms with Gasteiger partial charge in [0.1, 0.15) is 17.4 Å². The fourth-order valence-corrected chi connectivity index (χ4v) is 3.82. The zero-order valence-corrected chi connectivity index (χ0v) is 18.6. The van der Waals surface area contributed by atoms with E-state index in [1.54, 1.807) is 11.9 Å². The summed E-state index contributed by atoms with van der Waals surface area (Å²) in [6, 6.07) is 15.1. The van der Waals surface area contributed by atoms with Gasteiger partial charge in [0.15, 0.2) is 0 Å². The number of anilines is 1. The highest BCUT2D eigenvalue weighted by Gasteiger charge is 2.26. The van der Waals surface area contributed by atoms with E-state index in [4.69, 9.17) is 0 Å². The van der Waals surface area contributed by atoms with Crippen molar-refractivity contribution in [1.82, 2.24) is 15.6 Å². The summed E-state index contributed by atoms with van der Waals surface area (Å²) in [5.41, 5.74) is 1.61. The quantitative estimate of drug-likeness (QED) is 0.658. The molecular formula is C24H28FN5O2. The van der Waals surface area contributed by atoms with Crippen LogP contribution in [0.4, 0.5) is 10.1 Å². The van der Waals surface area contributed by atoms with Crippen molar-refractivity contribution in [2.24, 2.45) is 7.05 Å². The minimum Gasteiger partial charge on any atom is -0.366 e. The van der Waals surface area contributed by atoms with Crippen LogP contribution in [-0.2, 0) is 7.05 Å². The maximum absolute atomic E-state index is 13.1. The zero-order chi connectivity index (χ0) is 22.5. The average molecular weight is 438 g/mol. The molecule has 4 rings (SSSR count). The summed E-state index contributed by atoms with van der Waals surface area (Å²) in [5.74, 6) is -0.535. The highest BCUT2D eigenvalue weighted by molar-refractivity contribution is 5.96. The first-order valence-electron chi connectivity index (χ1n) is 10.3. The molecule has 1 aliphatic rings. The molecule has 2 heterocycles. The minimum atomic E-state index is -0.382. The van der Waals surface area contributed by atoms with Crippen molar-refractivity contribution in [3.8, 4) is 6.07 Å². The molecule has 2 aromatic carbocycles. The zero-order valence-electron chi connectivity index (χ0n) is 18.6. The number of benzene rings is 2. The molecule has 0 atom stereocenters. The monoisotopic (exact) mass is 437 g/mol. The summed E-state index contributed by atoms with van der Waals surface area (Å²) in [6.07, 6.45) is 0. The molecule has 1 fully saturated rings. The molecule has 0 bridgehead atoms. The molecule has 3 aromatic rings. The molecule has 1 aromatic heterocycles. The van der Waals surface area contributed by atoms with Crippen LogP contribution in [0.15, 0.2) is 53.3 Å². The number of nitriles is 1. The summed E-state index contributed by atoms with van der Waals surface area (Å²) in [6.45, 7) is 5.90. The Hall–Kier alpha value is -3.70. The number of nitrogens with zero attached hydrogens (tertiary/aromatic N) is 4. The Labute approximate surface area is 186 Å². The van der Waals surface area contributed by atoms with Crippen LogP contribution in [0.25, 0.3) is 10.9 Å². The number of aromatic nitrogens is 1. The number of halogens is 1. The van der Waals surface area contributed by atoms with Crippen LogP contribution in [-0.4, -0.2) is 41.6 Å². The molecule has 0 saturated carbocycles. The molecule has 8 heteroatoms. The lowest BCUT2D eigenvalue weighted by Crippen LogP contribution is -2.49. The highest BCUT2D eigenvalue weighted by Crippen LogP contribution is 2.29. The molecule has 1 aliphatic heterocycles. The van der Waals surface area contributed by atoms with E-state index in [0.29, 0.717) is 37.4 Å². The topological polar surface area (TPSA) is 104 Å². The lowest BCUT2D eigenvalue weighted by atomic mass is 10.1. The van der Waals surface area contributed by atoms with Gasteiger partial charge in [0.05, 0.1) is 11.2 Å². The number of pyridine rings is 1. The third-order valence-corrected chi connectivity index (χ3v) is 5.36. The Morgan fingerprint density at radius 2 is 1.59 bits per heavy atom. The standard InChI is InChI=1S/C22H19FN4O2.C2H6.H3N/c1-25-19-5-3-2-4-17(19)20(18(14-24)22(25)29)26-10-12-27(13-11-26)21(28)15-6-8-16(23)9-7-15;1-2;/h2-9H,10-13H2,1H3;1-2H3;1H3. The van der Waals surface area contributed by atoms with E-state index in [1.165, 1.54) is 28.8 Å². The molecule has 0 spiro atoms. The molecule has 7 nitrogen and oxygen atoms in total. The number of amides is 1. The van der Waals surface area contributed by atoms with E-state index in [0.717, 1.165) is 10.9 Å². The van der Waals surface area contributed by atoms with Gasteiger partial charge in [-0.3, -0.25) is 9.59 Å². The van der Waals surface area contributed by atoms with Crippen LogP contribution in [0.3, 0.4) is 0 Å². The lowest BCUT2D eigenvalue weighted by molar-refractivity contribution is 0.0747. The lowest BCUT2D eigenvalue weighted by Gasteiger charge is -2.37. The number of hydrogen-bond donors (Lipinski definition) is 1. The predicted molar refractivity (Wildman–Crippen MR) is 125 cm³/mol. The second kappa shape index (κ2) is 10.6. The van der Waals surface area contributed by atoms with E-state index >= 15 is 0 Å². The molecule has 0 unspecified atom stereocenters. The molecule has 1 saturated heterocycles. The summed E-state index contributed by atoms with van der Waals surface area (Å²) in [5, 5.41) is 10.5.